The van der Waals surface area contributed by atoms with Gasteiger partial charge in [0.1, 0.15) is 11.5 Å². The molecule has 1 aromatic carbocycles. The van der Waals surface area contributed by atoms with Gasteiger partial charge < -0.3 is 20.4 Å². The lowest BCUT2D eigenvalue weighted by Gasteiger charge is -2.31. The minimum absolute atomic E-state index is 0.0308. The number of hydrogen-bond acceptors (Lipinski definition) is 3. The van der Waals surface area contributed by atoms with Crippen molar-refractivity contribution in [1.82, 2.24) is 10.2 Å². The Morgan fingerprint density at radius 1 is 1.25 bits per heavy atom. The van der Waals surface area contributed by atoms with Crippen molar-refractivity contribution in [2.24, 2.45) is 0 Å². The van der Waals surface area contributed by atoms with E-state index >= 15 is 0 Å². The molecular formula is C23H34N2O3. The molecule has 1 aliphatic carbocycles. The van der Waals surface area contributed by atoms with Gasteiger partial charge in [-0.15, -0.1) is 0 Å². The number of benzene rings is 1. The van der Waals surface area contributed by atoms with Gasteiger partial charge in [-0.1, -0.05) is 31.4 Å². The maximum absolute atomic E-state index is 12.3. The van der Waals surface area contributed by atoms with Crippen LogP contribution in [-0.2, 0) is 13.0 Å². The van der Waals surface area contributed by atoms with Crippen LogP contribution in [0.2, 0.25) is 0 Å². The molecule has 28 heavy (non-hydrogen) atoms. The predicted molar refractivity (Wildman–Crippen MR) is 112 cm³/mol. The Bertz CT molecular complexity index is 738. The van der Waals surface area contributed by atoms with E-state index in [2.05, 4.69) is 25.2 Å². The van der Waals surface area contributed by atoms with Gasteiger partial charge in [-0.2, -0.15) is 0 Å². The molecule has 154 valence electrons. The van der Waals surface area contributed by atoms with Crippen LogP contribution in [0, 0.1) is 0 Å². The fraction of sp³-hybridized carbons (Fsp3) is 0.609. The lowest BCUT2D eigenvalue weighted by molar-refractivity contribution is 0.167. The summed E-state index contributed by atoms with van der Waals surface area (Å²) in [5.41, 5.74) is 3.61. The summed E-state index contributed by atoms with van der Waals surface area (Å²) < 4.78 is 0. The molecule has 0 bridgehead atoms. The summed E-state index contributed by atoms with van der Waals surface area (Å²) in [6, 6.07) is 1.74. The van der Waals surface area contributed by atoms with Crippen molar-refractivity contribution in [2.75, 3.05) is 13.1 Å². The van der Waals surface area contributed by atoms with Crippen LogP contribution >= 0.6 is 0 Å². The largest absolute Gasteiger partial charge is 0.507 e. The number of allylic oxidation sites excluding steroid dienone is 2. The summed E-state index contributed by atoms with van der Waals surface area (Å²) in [7, 11) is 0. The average molecular weight is 387 g/mol. The molecule has 2 aliphatic rings. The molecule has 1 aliphatic heterocycles. The quantitative estimate of drug-likeness (QED) is 0.458. The number of nitrogens with zero attached hydrogens (tertiary/aromatic N) is 1. The number of urea groups is 1. The van der Waals surface area contributed by atoms with Gasteiger partial charge in [0.25, 0.3) is 0 Å². The Morgan fingerprint density at radius 2 is 2.04 bits per heavy atom. The molecule has 1 unspecified atom stereocenters. The first kappa shape index (κ1) is 20.6. The van der Waals surface area contributed by atoms with Gasteiger partial charge in [-0.25, -0.2) is 4.79 Å². The molecule has 5 nitrogen and oxygen atoms in total. The third kappa shape index (κ3) is 4.62. The first-order chi connectivity index (χ1) is 13.5. The van der Waals surface area contributed by atoms with Crippen LogP contribution in [0.4, 0.5) is 4.79 Å². The van der Waals surface area contributed by atoms with Crippen LogP contribution in [-0.4, -0.2) is 34.2 Å². The van der Waals surface area contributed by atoms with Gasteiger partial charge in [0.2, 0.25) is 0 Å². The summed E-state index contributed by atoms with van der Waals surface area (Å²) in [6.45, 7) is 6.16. The van der Waals surface area contributed by atoms with Crippen molar-refractivity contribution in [3.63, 3.8) is 0 Å². The highest BCUT2D eigenvalue weighted by molar-refractivity contribution is 5.75. The molecule has 0 radical (unpaired) electrons. The van der Waals surface area contributed by atoms with E-state index in [0.717, 1.165) is 75.6 Å². The molecule has 3 N–H and O–H groups in total. The number of unbranched alkanes of at least 4 members (excludes halogenated alkanes) is 2. The number of phenols is 2. The molecule has 0 spiro atoms. The topological polar surface area (TPSA) is 72.8 Å². The smallest absolute Gasteiger partial charge is 0.317 e. The molecule has 1 heterocycles. The van der Waals surface area contributed by atoms with Crippen molar-refractivity contribution in [1.29, 1.82) is 0 Å². The normalized spacial score (nSPS) is 19.1. The Labute approximate surface area is 168 Å². The summed E-state index contributed by atoms with van der Waals surface area (Å²) >= 11 is 0. The van der Waals surface area contributed by atoms with E-state index in [1.807, 2.05) is 6.07 Å². The maximum atomic E-state index is 12.3. The molecule has 2 amide bonds. The molecule has 1 aromatic rings. The second kappa shape index (κ2) is 9.35. The van der Waals surface area contributed by atoms with Crippen LogP contribution in [0.25, 0.3) is 0 Å². The number of hydrogen-bond donors (Lipinski definition) is 3. The van der Waals surface area contributed by atoms with Crippen LogP contribution in [0.5, 0.6) is 11.5 Å². The van der Waals surface area contributed by atoms with Crippen molar-refractivity contribution >= 4 is 6.03 Å². The minimum Gasteiger partial charge on any atom is -0.507 e. The zero-order valence-corrected chi connectivity index (χ0v) is 17.3. The highest BCUT2D eigenvalue weighted by Gasteiger charge is 2.26. The highest BCUT2D eigenvalue weighted by Crippen LogP contribution is 2.44. The molecule has 1 saturated heterocycles. The van der Waals surface area contributed by atoms with Crippen LogP contribution < -0.4 is 5.32 Å². The third-order valence-corrected chi connectivity index (χ3v) is 6.07. The number of rotatable bonds is 7. The second-order valence-corrected chi connectivity index (χ2v) is 8.26. The van der Waals surface area contributed by atoms with Crippen LogP contribution in [0.1, 0.15) is 81.4 Å². The van der Waals surface area contributed by atoms with Gasteiger partial charge in [-0.3, -0.25) is 0 Å². The fourth-order valence-electron chi connectivity index (χ4n) is 4.25. The Hall–Kier alpha value is -2.17. The van der Waals surface area contributed by atoms with Gasteiger partial charge in [0.05, 0.1) is 0 Å². The Kier molecular flexibility index (Phi) is 6.87. The number of likely N-dealkylation sites (tertiary alicyclic amines) is 1. The number of aryl methyl sites for hydroxylation is 1. The van der Waals surface area contributed by atoms with Crippen LogP contribution in [0.15, 0.2) is 17.7 Å². The van der Waals surface area contributed by atoms with Gasteiger partial charge in [0, 0.05) is 36.7 Å². The monoisotopic (exact) mass is 386 g/mol. The van der Waals surface area contributed by atoms with E-state index in [4.69, 9.17) is 0 Å². The number of aromatic hydroxyl groups is 2. The third-order valence-electron chi connectivity index (χ3n) is 6.07. The molecule has 3 rings (SSSR count). The average Bonchev–Trinajstić information content (AvgIpc) is 2.60. The number of nitrogens with one attached hydrogen (secondary N) is 1. The molecular weight excluding hydrogens is 352 g/mol. The SMILES string of the molecule is CCCCCc1cc(O)c(C2C=C(C)CCC2)c(O)c1CNC(=O)N1CCC1. The number of carbonyl (C=O) groups excluding carboxylic acids is 1. The minimum atomic E-state index is -0.0758. The molecule has 1 fully saturated rings. The fourth-order valence-corrected chi connectivity index (χ4v) is 4.25. The van der Waals surface area contributed by atoms with E-state index in [1.54, 1.807) is 4.90 Å². The van der Waals surface area contributed by atoms with E-state index in [9.17, 15) is 15.0 Å². The van der Waals surface area contributed by atoms with Crippen molar-refractivity contribution in [3.05, 3.63) is 34.4 Å². The predicted octanol–water partition coefficient (Wildman–Crippen LogP) is 4.96. The molecule has 0 aromatic heterocycles. The van der Waals surface area contributed by atoms with Crippen molar-refractivity contribution in [2.45, 2.75) is 77.7 Å². The Morgan fingerprint density at radius 3 is 2.68 bits per heavy atom. The maximum Gasteiger partial charge on any atom is 0.317 e. The summed E-state index contributed by atoms with van der Waals surface area (Å²) in [5.74, 6) is 0.368. The second-order valence-electron chi connectivity index (χ2n) is 8.26. The van der Waals surface area contributed by atoms with Crippen molar-refractivity contribution in [3.8, 4) is 11.5 Å². The van der Waals surface area contributed by atoms with E-state index in [1.165, 1.54) is 5.57 Å². The summed E-state index contributed by atoms with van der Waals surface area (Å²) in [4.78, 5) is 14.0. The number of phenolic OH excluding ortho intramolecular Hbond substituents is 2. The molecule has 5 heteroatoms. The van der Waals surface area contributed by atoms with Gasteiger partial charge in [-0.05, 0) is 57.1 Å². The first-order valence-electron chi connectivity index (χ1n) is 10.8. The Balaban J connectivity index is 1.88. The van der Waals surface area contributed by atoms with Gasteiger partial charge >= 0.3 is 6.03 Å². The molecule has 1 atom stereocenters. The molecule has 0 saturated carbocycles. The van der Waals surface area contributed by atoms with E-state index in [0.29, 0.717) is 12.1 Å². The number of amides is 2. The highest BCUT2D eigenvalue weighted by atomic mass is 16.3. The standard InChI is InChI=1S/C23H34N2O3/c1-3-4-5-9-17-14-20(26)21(18-10-6-8-16(2)13-18)22(27)19(17)15-24-23(28)25-11-7-12-25/h13-14,18,26-27H,3-12,15H2,1-2H3,(H,24,28). The summed E-state index contributed by atoms with van der Waals surface area (Å²) in [6.07, 6.45) is 10.3. The van der Waals surface area contributed by atoms with E-state index in [-0.39, 0.29) is 23.4 Å². The number of carbonyl (C=O) groups is 1. The van der Waals surface area contributed by atoms with Crippen molar-refractivity contribution < 1.29 is 15.0 Å². The lowest BCUT2D eigenvalue weighted by atomic mass is 9.83. The van der Waals surface area contributed by atoms with E-state index < -0.39 is 0 Å². The zero-order chi connectivity index (χ0) is 20.1. The first-order valence-corrected chi connectivity index (χ1v) is 10.8. The van der Waals surface area contributed by atoms with Crippen LogP contribution in [0.3, 0.4) is 0 Å². The van der Waals surface area contributed by atoms with Gasteiger partial charge in [0.15, 0.2) is 0 Å². The lowest BCUT2D eigenvalue weighted by Crippen LogP contribution is -2.47. The summed E-state index contributed by atoms with van der Waals surface area (Å²) in [5, 5.41) is 24.8. The zero-order valence-electron chi connectivity index (χ0n) is 17.3.